The maximum absolute atomic E-state index is 12.4. The molecule has 3 rings (SSSR count). The van der Waals surface area contributed by atoms with Crippen molar-refractivity contribution in [2.75, 3.05) is 0 Å². The van der Waals surface area contributed by atoms with Crippen molar-refractivity contribution in [1.82, 2.24) is 19.9 Å². The zero-order valence-corrected chi connectivity index (χ0v) is 12.2. The van der Waals surface area contributed by atoms with Gasteiger partial charge < -0.3 is 9.88 Å². The molecule has 2 aromatic heterocycles. The largest absolute Gasteiger partial charge is 0.337 e. The van der Waals surface area contributed by atoms with Gasteiger partial charge in [-0.25, -0.2) is 4.98 Å². The van der Waals surface area contributed by atoms with E-state index < -0.39 is 0 Å². The number of nitrogens with one attached hydrogen (secondary N) is 1. The lowest BCUT2D eigenvalue weighted by Crippen LogP contribution is -2.31. The molecule has 0 saturated heterocycles. The van der Waals surface area contributed by atoms with E-state index in [2.05, 4.69) is 15.3 Å². The van der Waals surface area contributed by atoms with E-state index in [4.69, 9.17) is 0 Å². The molecule has 0 aliphatic carbocycles. The Morgan fingerprint density at radius 2 is 1.82 bits per heavy atom. The number of amides is 1. The standard InChI is InChI=1S/C17H16N4O/c1-21-12-11-19-16(21)15(13-7-3-2-4-8-13)20-17(22)14-9-5-6-10-18-14/h2-12,15H,1H3,(H,20,22)/t15-/m1/s1. The number of imidazole rings is 1. The summed E-state index contributed by atoms with van der Waals surface area (Å²) in [6.45, 7) is 0. The van der Waals surface area contributed by atoms with Crippen molar-refractivity contribution in [3.05, 3.63) is 84.2 Å². The van der Waals surface area contributed by atoms with Crippen LogP contribution in [-0.4, -0.2) is 20.4 Å². The lowest BCUT2D eigenvalue weighted by Gasteiger charge is -2.19. The van der Waals surface area contributed by atoms with E-state index in [-0.39, 0.29) is 11.9 Å². The lowest BCUT2D eigenvalue weighted by atomic mass is 10.1. The number of benzene rings is 1. The molecule has 0 radical (unpaired) electrons. The molecule has 0 bridgehead atoms. The molecule has 0 fully saturated rings. The minimum Gasteiger partial charge on any atom is -0.337 e. The molecule has 1 N–H and O–H groups in total. The van der Waals surface area contributed by atoms with Crippen LogP contribution >= 0.6 is 0 Å². The molecular weight excluding hydrogens is 276 g/mol. The van der Waals surface area contributed by atoms with Crippen molar-refractivity contribution in [3.8, 4) is 0 Å². The van der Waals surface area contributed by atoms with Crippen LogP contribution in [-0.2, 0) is 7.05 Å². The summed E-state index contributed by atoms with van der Waals surface area (Å²) in [6.07, 6.45) is 5.18. The minimum atomic E-state index is -0.323. The summed E-state index contributed by atoms with van der Waals surface area (Å²) in [5, 5.41) is 3.01. The summed E-state index contributed by atoms with van der Waals surface area (Å²) in [4.78, 5) is 20.9. The van der Waals surface area contributed by atoms with Crippen LogP contribution < -0.4 is 5.32 Å². The van der Waals surface area contributed by atoms with Crippen LogP contribution in [0.5, 0.6) is 0 Å². The number of carbonyl (C=O) groups is 1. The van der Waals surface area contributed by atoms with Crippen LogP contribution in [0.2, 0.25) is 0 Å². The Morgan fingerprint density at radius 3 is 2.45 bits per heavy atom. The number of hydrogen-bond acceptors (Lipinski definition) is 3. The Labute approximate surface area is 128 Å². The van der Waals surface area contributed by atoms with Crippen molar-refractivity contribution in [2.45, 2.75) is 6.04 Å². The number of rotatable bonds is 4. The number of nitrogens with zero attached hydrogens (tertiary/aromatic N) is 3. The summed E-state index contributed by atoms with van der Waals surface area (Å²) >= 11 is 0. The Kier molecular flexibility index (Phi) is 3.96. The van der Waals surface area contributed by atoms with Gasteiger partial charge in [-0.1, -0.05) is 36.4 Å². The van der Waals surface area contributed by atoms with Crippen LogP contribution in [0, 0.1) is 0 Å². The fraction of sp³-hybridized carbons (Fsp3) is 0.118. The van der Waals surface area contributed by atoms with E-state index in [0.717, 1.165) is 11.4 Å². The van der Waals surface area contributed by atoms with Crippen LogP contribution in [0.15, 0.2) is 67.1 Å². The van der Waals surface area contributed by atoms with Gasteiger partial charge in [0.25, 0.3) is 5.91 Å². The highest BCUT2D eigenvalue weighted by molar-refractivity contribution is 5.92. The van der Waals surface area contributed by atoms with Crippen LogP contribution in [0.3, 0.4) is 0 Å². The first-order chi connectivity index (χ1) is 10.8. The van der Waals surface area contributed by atoms with E-state index in [1.807, 2.05) is 48.1 Å². The molecule has 1 amide bonds. The van der Waals surface area contributed by atoms with E-state index in [0.29, 0.717) is 5.69 Å². The predicted octanol–water partition coefficient (Wildman–Crippen LogP) is 2.33. The average Bonchev–Trinajstić information content (AvgIpc) is 3.00. The Hall–Kier alpha value is -2.95. The second-order valence-electron chi connectivity index (χ2n) is 4.93. The number of hydrogen-bond donors (Lipinski definition) is 1. The second kappa shape index (κ2) is 6.22. The zero-order valence-electron chi connectivity index (χ0n) is 12.2. The van der Waals surface area contributed by atoms with Gasteiger partial charge in [-0.2, -0.15) is 0 Å². The highest BCUT2D eigenvalue weighted by atomic mass is 16.1. The van der Waals surface area contributed by atoms with Gasteiger partial charge in [-0.05, 0) is 17.7 Å². The Morgan fingerprint density at radius 1 is 1.05 bits per heavy atom. The van der Waals surface area contributed by atoms with Gasteiger partial charge in [0.15, 0.2) is 0 Å². The zero-order chi connectivity index (χ0) is 15.4. The van der Waals surface area contributed by atoms with Crippen molar-refractivity contribution in [2.24, 2.45) is 7.05 Å². The fourth-order valence-electron chi connectivity index (χ4n) is 2.30. The summed E-state index contributed by atoms with van der Waals surface area (Å²) in [7, 11) is 1.91. The van der Waals surface area contributed by atoms with E-state index in [1.54, 1.807) is 30.6 Å². The van der Waals surface area contributed by atoms with Crippen LogP contribution in [0.1, 0.15) is 27.9 Å². The third-order valence-corrected chi connectivity index (χ3v) is 3.42. The van der Waals surface area contributed by atoms with Gasteiger partial charge in [0.1, 0.15) is 17.6 Å². The van der Waals surface area contributed by atoms with Gasteiger partial charge in [0.2, 0.25) is 0 Å². The molecule has 1 aromatic carbocycles. The predicted molar refractivity (Wildman–Crippen MR) is 83.2 cm³/mol. The molecule has 1 atom stereocenters. The highest BCUT2D eigenvalue weighted by Crippen LogP contribution is 2.20. The maximum Gasteiger partial charge on any atom is 0.270 e. The van der Waals surface area contributed by atoms with Crippen LogP contribution in [0.4, 0.5) is 0 Å². The molecule has 5 heteroatoms. The number of carbonyl (C=O) groups excluding carboxylic acids is 1. The first-order valence-electron chi connectivity index (χ1n) is 7.00. The average molecular weight is 292 g/mol. The van der Waals surface area contributed by atoms with Gasteiger partial charge >= 0.3 is 0 Å². The quantitative estimate of drug-likeness (QED) is 0.803. The molecule has 0 saturated carbocycles. The van der Waals surface area contributed by atoms with Gasteiger partial charge in [0, 0.05) is 25.6 Å². The first kappa shape index (κ1) is 14.0. The summed E-state index contributed by atoms with van der Waals surface area (Å²) < 4.78 is 1.90. The fourth-order valence-corrected chi connectivity index (χ4v) is 2.30. The summed E-state index contributed by atoms with van der Waals surface area (Å²) in [6, 6.07) is 14.7. The van der Waals surface area contributed by atoms with Gasteiger partial charge in [-0.3, -0.25) is 9.78 Å². The summed E-state index contributed by atoms with van der Waals surface area (Å²) in [5.74, 6) is 0.549. The second-order valence-corrected chi connectivity index (χ2v) is 4.93. The van der Waals surface area contributed by atoms with Crippen molar-refractivity contribution < 1.29 is 4.79 Å². The SMILES string of the molecule is Cn1ccnc1[C@H](NC(=O)c1ccccn1)c1ccccc1. The third kappa shape index (κ3) is 2.88. The van der Waals surface area contributed by atoms with Gasteiger partial charge in [-0.15, -0.1) is 0 Å². The highest BCUT2D eigenvalue weighted by Gasteiger charge is 2.21. The molecular formula is C17H16N4O. The van der Waals surface area contributed by atoms with Gasteiger partial charge in [0.05, 0.1) is 0 Å². The molecule has 0 aliphatic rings. The smallest absolute Gasteiger partial charge is 0.270 e. The third-order valence-electron chi connectivity index (χ3n) is 3.42. The maximum atomic E-state index is 12.4. The number of aryl methyl sites for hydroxylation is 1. The van der Waals surface area contributed by atoms with Crippen LogP contribution in [0.25, 0.3) is 0 Å². The monoisotopic (exact) mass is 292 g/mol. The molecule has 0 unspecified atom stereocenters. The molecule has 2 heterocycles. The lowest BCUT2D eigenvalue weighted by molar-refractivity contribution is 0.0936. The van der Waals surface area contributed by atoms with E-state index >= 15 is 0 Å². The number of aromatic nitrogens is 3. The Balaban J connectivity index is 1.93. The summed E-state index contributed by atoms with van der Waals surface area (Å²) in [5.41, 5.74) is 1.36. The van der Waals surface area contributed by atoms with E-state index in [1.165, 1.54) is 0 Å². The van der Waals surface area contributed by atoms with Crippen molar-refractivity contribution in [1.29, 1.82) is 0 Å². The van der Waals surface area contributed by atoms with E-state index in [9.17, 15) is 4.79 Å². The normalized spacial score (nSPS) is 11.9. The van der Waals surface area contributed by atoms with Crippen molar-refractivity contribution >= 4 is 5.91 Å². The number of pyridine rings is 1. The first-order valence-corrected chi connectivity index (χ1v) is 7.00. The molecule has 22 heavy (non-hydrogen) atoms. The molecule has 3 aromatic rings. The van der Waals surface area contributed by atoms with Crippen molar-refractivity contribution in [3.63, 3.8) is 0 Å². The molecule has 5 nitrogen and oxygen atoms in total. The molecule has 110 valence electrons. The molecule has 0 spiro atoms. The Bertz CT molecular complexity index is 753. The minimum absolute atomic E-state index is 0.225. The molecule has 0 aliphatic heterocycles. The topological polar surface area (TPSA) is 59.8 Å².